The Morgan fingerprint density at radius 3 is 2.82 bits per heavy atom. The molecule has 1 rings (SSSR count). The molecule has 0 bridgehead atoms. The number of carboxylic acids is 1. The lowest BCUT2D eigenvalue weighted by molar-refractivity contribution is -0.138. The van der Waals surface area contributed by atoms with Gasteiger partial charge in [-0.3, -0.25) is 9.59 Å². The van der Waals surface area contributed by atoms with E-state index in [4.69, 9.17) is 21.4 Å². The Kier molecular flexibility index (Phi) is 5.29. The molecule has 2 N–H and O–H groups in total. The highest BCUT2D eigenvalue weighted by Crippen LogP contribution is 2.16. The highest BCUT2D eigenvalue weighted by Gasteiger charge is 2.04. The maximum Gasteiger partial charge on any atom is 0.322 e. The second-order valence-electron chi connectivity index (χ2n) is 3.23. The van der Waals surface area contributed by atoms with Crippen LogP contribution in [-0.2, 0) is 9.59 Å². The van der Waals surface area contributed by atoms with Crippen molar-refractivity contribution in [1.29, 1.82) is 0 Å². The number of rotatable bonds is 6. The number of hydrogen-bond acceptors (Lipinski definition) is 3. The fraction of sp³-hybridized carbons (Fsp3) is 0.273. The second-order valence-corrected chi connectivity index (χ2v) is 3.66. The summed E-state index contributed by atoms with van der Waals surface area (Å²) in [4.78, 5) is 21.3. The third kappa shape index (κ3) is 5.77. The number of hydrogen-bond donors (Lipinski definition) is 2. The monoisotopic (exact) mass is 257 g/mol. The lowest BCUT2D eigenvalue weighted by atomic mass is 10.3. The van der Waals surface area contributed by atoms with E-state index in [-0.39, 0.29) is 25.5 Å². The van der Waals surface area contributed by atoms with E-state index in [1.807, 2.05) is 0 Å². The standard InChI is InChI=1S/C11H12ClNO4/c12-8-2-1-3-9(6-8)17-5-4-10(14)13-7-11(15)16/h1-3,6H,4-5,7H2,(H,13,14)(H,15,16). The largest absolute Gasteiger partial charge is 0.493 e. The smallest absolute Gasteiger partial charge is 0.322 e. The van der Waals surface area contributed by atoms with Crippen LogP contribution in [0.25, 0.3) is 0 Å². The van der Waals surface area contributed by atoms with E-state index in [1.165, 1.54) is 0 Å². The van der Waals surface area contributed by atoms with Crippen molar-refractivity contribution in [3.05, 3.63) is 29.3 Å². The van der Waals surface area contributed by atoms with Crippen molar-refractivity contribution in [1.82, 2.24) is 5.32 Å². The summed E-state index contributed by atoms with van der Waals surface area (Å²) in [5.74, 6) is -0.868. The highest BCUT2D eigenvalue weighted by atomic mass is 35.5. The lowest BCUT2D eigenvalue weighted by Crippen LogP contribution is -2.30. The summed E-state index contributed by atoms with van der Waals surface area (Å²) in [7, 11) is 0. The number of halogens is 1. The molecular weight excluding hydrogens is 246 g/mol. The maximum atomic E-state index is 11.1. The van der Waals surface area contributed by atoms with Gasteiger partial charge in [-0.2, -0.15) is 0 Å². The summed E-state index contributed by atoms with van der Waals surface area (Å²) in [6, 6.07) is 6.81. The summed E-state index contributed by atoms with van der Waals surface area (Å²) in [5.41, 5.74) is 0. The fourth-order valence-electron chi connectivity index (χ4n) is 1.08. The van der Waals surface area contributed by atoms with Crippen LogP contribution in [0, 0.1) is 0 Å². The van der Waals surface area contributed by atoms with Crippen LogP contribution in [0.3, 0.4) is 0 Å². The summed E-state index contributed by atoms with van der Waals surface area (Å²) >= 11 is 5.75. The molecule has 5 nitrogen and oxygen atoms in total. The number of nitrogens with one attached hydrogen (secondary N) is 1. The Bertz CT molecular complexity index is 408. The topological polar surface area (TPSA) is 75.6 Å². The van der Waals surface area contributed by atoms with Crippen LogP contribution in [0.4, 0.5) is 0 Å². The number of carbonyl (C=O) groups is 2. The molecular formula is C11H12ClNO4. The van der Waals surface area contributed by atoms with Crippen LogP contribution < -0.4 is 10.1 Å². The molecule has 1 amide bonds. The molecule has 0 radical (unpaired) electrons. The Morgan fingerprint density at radius 2 is 2.18 bits per heavy atom. The zero-order valence-electron chi connectivity index (χ0n) is 8.98. The molecule has 0 heterocycles. The van der Waals surface area contributed by atoms with Gasteiger partial charge in [0.25, 0.3) is 0 Å². The zero-order chi connectivity index (χ0) is 12.7. The summed E-state index contributed by atoms with van der Waals surface area (Å²) in [5, 5.41) is 11.1. The fourth-order valence-corrected chi connectivity index (χ4v) is 1.26. The summed E-state index contributed by atoms with van der Waals surface area (Å²) < 4.78 is 5.27. The molecule has 0 unspecified atom stereocenters. The van der Waals surface area contributed by atoms with Gasteiger partial charge in [-0.15, -0.1) is 0 Å². The maximum absolute atomic E-state index is 11.1. The van der Waals surface area contributed by atoms with Crippen LogP contribution in [0.15, 0.2) is 24.3 Å². The first-order chi connectivity index (χ1) is 8.08. The van der Waals surface area contributed by atoms with Gasteiger partial charge in [0.05, 0.1) is 13.0 Å². The first kappa shape index (κ1) is 13.3. The summed E-state index contributed by atoms with van der Waals surface area (Å²) in [6.07, 6.45) is 0.0970. The molecule has 6 heteroatoms. The average Bonchev–Trinajstić information content (AvgIpc) is 2.26. The lowest BCUT2D eigenvalue weighted by Gasteiger charge is -2.06. The number of amides is 1. The van der Waals surface area contributed by atoms with E-state index in [0.29, 0.717) is 10.8 Å². The van der Waals surface area contributed by atoms with Crippen molar-refractivity contribution < 1.29 is 19.4 Å². The third-order valence-corrected chi connectivity index (χ3v) is 2.07. The number of aliphatic carboxylic acids is 1. The van der Waals surface area contributed by atoms with E-state index in [0.717, 1.165) is 0 Å². The SMILES string of the molecule is O=C(O)CNC(=O)CCOc1cccc(Cl)c1. The number of carbonyl (C=O) groups excluding carboxylic acids is 1. The van der Waals surface area contributed by atoms with Crippen LogP contribution >= 0.6 is 11.6 Å². The molecule has 0 saturated heterocycles. The molecule has 0 atom stereocenters. The van der Waals surface area contributed by atoms with Crippen LogP contribution in [0.1, 0.15) is 6.42 Å². The van der Waals surface area contributed by atoms with Gasteiger partial charge in [0, 0.05) is 5.02 Å². The third-order valence-electron chi connectivity index (χ3n) is 1.83. The van der Waals surface area contributed by atoms with E-state index in [2.05, 4.69) is 5.32 Å². The Labute approximate surface area is 103 Å². The molecule has 0 saturated carbocycles. The van der Waals surface area contributed by atoms with Crippen molar-refractivity contribution in [3.63, 3.8) is 0 Å². The minimum absolute atomic E-state index is 0.0970. The van der Waals surface area contributed by atoms with Crippen molar-refractivity contribution >= 4 is 23.5 Å². The molecule has 92 valence electrons. The molecule has 17 heavy (non-hydrogen) atoms. The normalized spacial score (nSPS) is 9.71. The van der Waals surface area contributed by atoms with Gasteiger partial charge in [-0.1, -0.05) is 17.7 Å². The Morgan fingerprint density at radius 1 is 1.41 bits per heavy atom. The second kappa shape index (κ2) is 6.75. The Balaban J connectivity index is 2.23. The molecule has 1 aromatic carbocycles. The predicted molar refractivity (Wildman–Crippen MR) is 62.2 cm³/mol. The zero-order valence-corrected chi connectivity index (χ0v) is 9.74. The van der Waals surface area contributed by atoms with Crippen LogP contribution in [0.2, 0.25) is 5.02 Å². The number of carboxylic acid groups (broad SMARTS) is 1. The molecule has 0 aliphatic carbocycles. The first-order valence-corrected chi connectivity index (χ1v) is 5.32. The van der Waals surface area contributed by atoms with E-state index in [1.54, 1.807) is 24.3 Å². The quantitative estimate of drug-likeness (QED) is 0.806. The van der Waals surface area contributed by atoms with Crippen molar-refractivity contribution in [3.8, 4) is 5.75 Å². The molecule has 0 aromatic heterocycles. The van der Waals surface area contributed by atoms with Gasteiger partial charge in [0.2, 0.25) is 5.91 Å². The molecule has 0 aliphatic heterocycles. The van der Waals surface area contributed by atoms with E-state index >= 15 is 0 Å². The molecule has 0 spiro atoms. The molecule has 0 aliphatic rings. The van der Waals surface area contributed by atoms with Gasteiger partial charge in [0.15, 0.2) is 0 Å². The van der Waals surface area contributed by atoms with Gasteiger partial charge in [0.1, 0.15) is 12.3 Å². The van der Waals surface area contributed by atoms with Crippen LogP contribution in [0.5, 0.6) is 5.75 Å². The predicted octanol–water partition coefficient (Wildman–Crippen LogP) is 1.31. The van der Waals surface area contributed by atoms with Crippen LogP contribution in [-0.4, -0.2) is 30.1 Å². The highest BCUT2D eigenvalue weighted by molar-refractivity contribution is 6.30. The molecule has 0 fully saturated rings. The van der Waals surface area contributed by atoms with Crippen molar-refractivity contribution in [2.24, 2.45) is 0 Å². The number of ether oxygens (including phenoxy) is 1. The van der Waals surface area contributed by atoms with Gasteiger partial charge < -0.3 is 15.2 Å². The minimum atomic E-state index is -1.07. The molecule has 1 aromatic rings. The minimum Gasteiger partial charge on any atom is -0.493 e. The Hall–Kier alpha value is -1.75. The van der Waals surface area contributed by atoms with Gasteiger partial charge in [-0.25, -0.2) is 0 Å². The van der Waals surface area contributed by atoms with Crippen molar-refractivity contribution in [2.45, 2.75) is 6.42 Å². The van der Waals surface area contributed by atoms with Crippen molar-refractivity contribution in [2.75, 3.05) is 13.2 Å². The van der Waals surface area contributed by atoms with Gasteiger partial charge in [-0.05, 0) is 18.2 Å². The number of benzene rings is 1. The van der Waals surface area contributed by atoms with E-state index < -0.39 is 5.97 Å². The van der Waals surface area contributed by atoms with Gasteiger partial charge >= 0.3 is 5.97 Å². The summed E-state index contributed by atoms with van der Waals surface area (Å²) in [6.45, 7) is -0.207. The average molecular weight is 258 g/mol. The first-order valence-electron chi connectivity index (χ1n) is 4.95. The van der Waals surface area contributed by atoms with E-state index in [9.17, 15) is 9.59 Å².